The molecule has 14 heavy (non-hydrogen) atoms. The molecule has 2 aromatic rings. The molecule has 0 spiro atoms. The highest BCUT2D eigenvalue weighted by Crippen LogP contribution is 2.28. The van der Waals surface area contributed by atoms with Crippen LogP contribution < -0.4 is 5.73 Å². The lowest BCUT2D eigenvalue weighted by Crippen LogP contribution is -2.09. The van der Waals surface area contributed by atoms with Gasteiger partial charge in [-0.15, -0.1) is 11.3 Å². The molecule has 1 atom stereocenters. The molecule has 1 heterocycles. The minimum Gasteiger partial charge on any atom is -0.320 e. The Morgan fingerprint density at radius 1 is 1.21 bits per heavy atom. The van der Waals surface area contributed by atoms with Crippen molar-refractivity contribution in [1.82, 2.24) is 0 Å². The summed E-state index contributed by atoms with van der Waals surface area (Å²) in [7, 11) is 0. The minimum absolute atomic E-state index is 0.00694. The van der Waals surface area contributed by atoms with Gasteiger partial charge in [0.05, 0.1) is 6.04 Å². The molecule has 0 amide bonds. The Bertz CT molecular complexity index is 410. The predicted octanol–water partition coefficient (Wildman–Crippen LogP) is 3.56. The number of rotatable bonds is 2. The van der Waals surface area contributed by atoms with E-state index in [-0.39, 0.29) is 6.04 Å². The molecular formula is C11H10BrNS. The Morgan fingerprint density at radius 2 is 1.93 bits per heavy atom. The van der Waals surface area contributed by atoms with Crippen LogP contribution in [0.4, 0.5) is 0 Å². The summed E-state index contributed by atoms with van der Waals surface area (Å²) in [5.74, 6) is 0. The molecule has 1 unspecified atom stereocenters. The van der Waals surface area contributed by atoms with E-state index in [4.69, 9.17) is 5.73 Å². The van der Waals surface area contributed by atoms with E-state index in [1.165, 1.54) is 4.88 Å². The van der Waals surface area contributed by atoms with Gasteiger partial charge in [0, 0.05) is 14.7 Å². The molecule has 1 aromatic heterocycles. The highest BCUT2D eigenvalue weighted by atomic mass is 79.9. The highest BCUT2D eigenvalue weighted by molar-refractivity contribution is 9.10. The van der Waals surface area contributed by atoms with Gasteiger partial charge in [-0.25, -0.2) is 0 Å². The molecule has 0 aliphatic rings. The van der Waals surface area contributed by atoms with Crippen LogP contribution >= 0.6 is 27.3 Å². The zero-order chi connectivity index (χ0) is 9.97. The second-order valence-electron chi connectivity index (χ2n) is 3.06. The summed E-state index contributed by atoms with van der Waals surface area (Å²) in [6.45, 7) is 0. The Balaban J connectivity index is 2.29. The van der Waals surface area contributed by atoms with Crippen molar-refractivity contribution >= 4 is 27.3 Å². The van der Waals surface area contributed by atoms with Gasteiger partial charge in [0.2, 0.25) is 0 Å². The molecule has 0 saturated heterocycles. The van der Waals surface area contributed by atoms with Crippen LogP contribution in [0.25, 0.3) is 0 Å². The molecule has 1 nitrogen and oxygen atoms in total. The summed E-state index contributed by atoms with van der Waals surface area (Å²) in [5, 5.41) is 2.05. The average molecular weight is 268 g/mol. The van der Waals surface area contributed by atoms with E-state index in [0.29, 0.717) is 0 Å². The summed E-state index contributed by atoms with van der Waals surface area (Å²) in [6, 6.07) is 12.2. The normalized spacial score (nSPS) is 12.7. The number of hydrogen-bond donors (Lipinski definition) is 1. The predicted molar refractivity (Wildman–Crippen MR) is 64.5 cm³/mol. The van der Waals surface area contributed by atoms with Crippen LogP contribution in [0.1, 0.15) is 16.5 Å². The van der Waals surface area contributed by atoms with Gasteiger partial charge in [0.15, 0.2) is 0 Å². The van der Waals surface area contributed by atoms with Gasteiger partial charge in [-0.05, 0) is 27.6 Å². The Kier molecular flexibility index (Phi) is 3.01. The lowest BCUT2D eigenvalue weighted by atomic mass is 10.1. The van der Waals surface area contributed by atoms with Crippen LogP contribution in [0.5, 0.6) is 0 Å². The van der Waals surface area contributed by atoms with E-state index in [0.717, 1.165) is 10.0 Å². The summed E-state index contributed by atoms with van der Waals surface area (Å²) in [4.78, 5) is 1.18. The van der Waals surface area contributed by atoms with E-state index >= 15 is 0 Å². The molecule has 0 fully saturated rings. The quantitative estimate of drug-likeness (QED) is 0.885. The van der Waals surface area contributed by atoms with Crippen molar-refractivity contribution in [3.05, 3.63) is 56.7 Å². The second-order valence-corrected chi connectivity index (χ2v) is 4.91. The topological polar surface area (TPSA) is 26.0 Å². The monoisotopic (exact) mass is 267 g/mol. The molecule has 1 aromatic carbocycles. The van der Waals surface area contributed by atoms with Crippen LogP contribution in [-0.4, -0.2) is 0 Å². The Morgan fingerprint density at radius 3 is 2.50 bits per heavy atom. The zero-order valence-electron chi connectivity index (χ0n) is 7.48. The van der Waals surface area contributed by atoms with Gasteiger partial charge in [-0.2, -0.15) is 0 Å². The van der Waals surface area contributed by atoms with Crippen LogP contribution in [0.15, 0.2) is 46.3 Å². The molecule has 0 aliphatic heterocycles. The van der Waals surface area contributed by atoms with Crippen molar-refractivity contribution < 1.29 is 0 Å². The molecule has 0 saturated carbocycles. The summed E-state index contributed by atoms with van der Waals surface area (Å²) in [6.07, 6.45) is 0. The van der Waals surface area contributed by atoms with Crippen molar-refractivity contribution in [2.75, 3.05) is 0 Å². The first-order valence-corrected chi connectivity index (χ1v) is 5.99. The molecule has 0 bridgehead atoms. The third-order valence-electron chi connectivity index (χ3n) is 2.05. The van der Waals surface area contributed by atoms with E-state index in [9.17, 15) is 0 Å². The van der Waals surface area contributed by atoms with Gasteiger partial charge < -0.3 is 5.73 Å². The number of hydrogen-bond acceptors (Lipinski definition) is 2. The highest BCUT2D eigenvalue weighted by Gasteiger charge is 2.09. The van der Waals surface area contributed by atoms with Crippen LogP contribution in [-0.2, 0) is 0 Å². The SMILES string of the molecule is NC(c1ccccc1)c1cc(Br)cs1. The summed E-state index contributed by atoms with van der Waals surface area (Å²) >= 11 is 5.11. The van der Waals surface area contributed by atoms with Crippen LogP contribution in [0.3, 0.4) is 0 Å². The molecule has 3 heteroatoms. The molecule has 2 rings (SSSR count). The Hall–Kier alpha value is -0.640. The van der Waals surface area contributed by atoms with E-state index < -0.39 is 0 Å². The first-order chi connectivity index (χ1) is 6.77. The maximum atomic E-state index is 6.12. The van der Waals surface area contributed by atoms with Gasteiger partial charge >= 0.3 is 0 Å². The number of thiophene rings is 1. The number of nitrogens with two attached hydrogens (primary N) is 1. The van der Waals surface area contributed by atoms with Crippen LogP contribution in [0, 0.1) is 0 Å². The first-order valence-electron chi connectivity index (χ1n) is 4.32. The largest absolute Gasteiger partial charge is 0.320 e. The maximum absolute atomic E-state index is 6.12. The van der Waals surface area contributed by atoms with E-state index in [1.807, 2.05) is 18.2 Å². The number of benzene rings is 1. The first kappa shape index (κ1) is 9.90. The van der Waals surface area contributed by atoms with Gasteiger partial charge in [-0.3, -0.25) is 0 Å². The zero-order valence-corrected chi connectivity index (χ0v) is 9.88. The molecule has 2 N–H and O–H groups in total. The second kappa shape index (κ2) is 4.26. The molecule has 0 aliphatic carbocycles. The summed E-state index contributed by atoms with van der Waals surface area (Å²) < 4.78 is 1.10. The standard InChI is InChI=1S/C11H10BrNS/c12-9-6-10(14-7-9)11(13)8-4-2-1-3-5-8/h1-7,11H,13H2. The average Bonchev–Trinajstić information content (AvgIpc) is 2.65. The fourth-order valence-corrected chi connectivity index (χ4v) is 2.79. The van der Waals surface area contributed by atoms with E-state index in [1.54, 1.807) is 11.3 Å². The lowest BCUT2D eigenvalue weighted by Gasteiger charge is -2.08. The van der Waals surface area contributed by atoms with Crippen molar-refractivity contribution in [2.45, 2.75) is 6.04 Å². The smallest absolute Gasteiger partial charge is 0.0646 e. The Labute approximate surface area is 95.7 Å². The summed E-state index contributed by atoms with van der Waals surface area (Å²) in [5.41, 5.74) is 7.27. The van der Waals surface area contributed by atoms with Gasteiger partial charge in [0.25, 0.3) is 0 Å². The number of halogens is 1. The van der Waals surface area contributed by atoms with Crippen molar-refractivity contribution in [2.24, 2.45) is 5.73 Å². The van der Waals surface area contributed by atoms with Crippen molar-refractivity contribution in [3.8, 4) is 0 Å². The fraction of sp³-hybridized carbons (Fsp3) is 0.0909. The van der Waals surface area contributed by atoms with Gasteiger partial charge in [-0.1, -0.05) is 30.3 Å². The van der Waals surface area contributed by atoms with Crippen LogP contribution in [0.2, 0.25) is 0 Å². The van der Waals surface area contributed by atoms with Gasteiger partial charge in [0.1, 0.15) is 0 Å². The van der Waals surface area contributed by atoms with Crippen molar-refractivity contribution in [1.29, 1.82) is 0 Å². The van der Waals surface area contributed by atoms with E-state index in [2.05, 4.69) is 39.5 Å². The maximum Gasteiger partial charge on any atom is 0.0646 e. The fourth-order valence-electron chi connectivity index (χ4n) is 1.32. The lowest BCUT2D eigenvalue weighted by molar-refractivity contribution is 0.893. The third-order valence-corrected chi connectivity index (χ3v) is 3.83. The van der Waals surface area contributed by atoms with Crippen molar-refractivity contribution in [3.63, 3.8) is 0 Å². The third kappa shape index (κ3) is 2.05. The molecule has 0 radical (unpaired) electrons. The minimum atomic E-state index is -0.00694. The molecule has 72 valence electrons. The molecular weight excluding hydrogens is 258 g/mol.